The van der Waals surface area contributed by atoms with Gasteiger partial charge in [0.15, 0.2) is 0 Å². The van der Waals surface area contributed by atoms with Crippen LogP contribution in [0.3, 0.4) is 0 Å². The van der Waals surface area contributed by atoms with Gasteiger partial charge in [0.1, 0.15) is 0 Å². The SMILES string of the molecule is O=C(CCCO)Nc1cc([N+](=O)[O-])ccc1Br. The van der Waals surface area contributed by atoms with E-state index in [1.165, 1.54) is 18.2 Å². The van der Waals surface area contributed by atoms with Crippen molar-refractivity contribution in [3.63, 3.8) is 0 Å². The standard InChI is InChI=1S/C10H11BrN2O4/c11-8-4-3-7(13(16)17)6-9(8)12-10(15)2-1-5-14/h3-4,6,14H,1-2,5H2,(H,12,15). The molecular formula is C10H11BrN2O4. The number of carbonyl (C=O) groups excluding carboxylic acids is 1. The van der Waals surface area contributed by atoms with E-state index in [0.717, 1.165) is 0 Å². The molecule has 0 atom stereocenters. The fraction of sp³-hybridized carbons (Fsp3) is 0.300. The maximum absolute atomic E-state index is 11.4. The van der Waals surface area contributed by atoms with Gasteiger partial charge >= 0.3 is 0 Å². The van der Waals surface area contributed by atoms with Crippen molar-refractivity contribution in [2.45, 2.75) is 12.8 Å². The number of nitro benzene ring substituents is 1. The van der Waals surface area contributed by atoms with E-state index in [1.807, 2.05) is 0 Å². The lowest BCUT2D eigenvalue weighted by atomic mass is 10.2. The summed E-state index contributed by atoms with van der Waals surface area (Å²) in [7, 11) is 0. The molecule has 1 rings (SSSR count). The molecule has 0 spiro atoms. The number of aliphatic hydroxyl groups excluding tert-OH is 1. The topological polar surface area (TPSA) is 92.5 Å². The van der Waals surface area contributed by atoms with E-state index < -0.39 is 4.92 Å². The number of halogens is 1. The van der Waals surface area contributed by atoms with E-state index >= 15 is 0 Å². The zero-order chi connectivity index (χ0) is 12.8. The van der Waals surface area contributed by atoms with Gasteiger partial charge in [-0.25, -0.2) is 0 Å². The van der Waals surface area contributed by atoms with Gasteiger partial charge in [-0.15, -0.1) is 0 Å². The van der Waals surface area contributed by atoms with Crippen LogP contribution in [0.4, 0.5) is 11.4 Å². The average Bonchev–Trinajstić information content (AvgIpc) is 2.29. The number of carbonyl (C=O) groups is 1. The third kappa shape index (κ3) is 4.12. The van der Waals surface area contributed by atoms with Crippen LogP contribution in [0, 0.1) is 10.1 Å². The van der Waals surface area contributed by atoms with Crippen LogP contribution in [-0.2, 0) is 4.79 Å². The fourth-order valence-corrected chi connectivity index (χ4v) is 1.52. The largest absolute Gasteiger partial charge is 0.396 e. The van der Waals surface area contributed by atoms with Gasteiger partial charge in [0.05, 0.1) is 10.6 Å². The molecule has 17 heavy (non-hydrogen) atoms. The molecule has 0 unspecified atom stereocenters. The molecule has 0 bridgehead atoms. The van der Waals surface area contributed by atoms with Crippen LogP contribution in [0.25, 0.3) is 0 Å². The van der Waals surface area contributed by atoms with Gasteiger partial charge in [0, 0.05) is 29.6 Å². The van der Waals surface area contributed by atoms with Crippen molar-refractivity contribution in [3.8, 4) is 0 Å². The van der Waals surface area contributed by atoms with E-state index in [2.05, 4.69) is 21.2 Å². The number of nitro groups is 1. The summed E-state index contributed by atoms with van der Waals surface area (Å²) >= 11 is 3.19. The zero-order valence-corrected chi connectivity index (χ0v) is 10.4. The number of non-ortho nitro benzene ring substituents is 1. The number of nitrogens with zero attached hydrogens (tertiary/aromatic N) is 1. The molecule has 0 aliphatic carbocycles. The minimum Gasteiger partial charge on any atom is -0.396 e. The summed E-state index contributed by atoms with van der Waals surface area (Å²) in [6.45, 7) is -0.0659. The van der Waals surface area contributed by atoms with Crippen molar-refractivity contribution in [2.75, 3.05) is 11.9 Å². The Morgan fingerprint density at radius 2 is 2.24 bits per heavy atom. The van der Waals surface area contributed by atoms with Crippen molar-refractivity contribution in [1.82, 2.24) is 0 Å². The third-order valence-corrected chi connectivity index (χ3v) is 2.69. The lowest BCUT2D eigenvalue weighted by Crippen LogP contribution is -2.12. The Kier molecular flexibility index (Phi) is 5.05. The monoisotopic (exact) mass is 302 g/mol. The highest BCUT2D eigenvalue weighted by Crippen LogP contribution is 2.27. The summed E-state index contributed by atoms with van der Waals surface area (Å²) in [6, 6.07) is 4.12. The highest BCUT2D eigenvalue weighted by Gasteiger charge is 2.11. The minimum absolute atomic E-state index is 0.0659. The first-order valence-electron chi connectivity index (χ1n) is 4.89. The molecule has 1 aromatic carbocycles. The lowest BCUT2D eigenvalue weighted by Gasteiger charge is -2.06. The first-order chi connectivity index (χ1) is 8.04. The Balaban J connectivity index is 2.79. The molecule has 0 heterocycles. The molecule has 0 fully saturated rings. The summed E-state index contributed by atoms with van der Waals surface area (Å²) in [5, 5.41) is 21.7. The smallest absolute Gasteiger partial charge is 0.271 e. The number of aliphatic hydroxyl groups is 1. The number of benzene rings is 1. The Labute approximate surface area is 106 Å². The molecule has 0 aromatic heterocycles. The van der Waals surface area contributed by atoms with E-state index in [1.54, 1.807) is 0 Å². The molecule has 7 heteroatoms. The Morgan fingerprint density at radius 1 is 1.53 bits per heavy atom. The molecule has 0 radical (unpaired) electrons. The van der Waals surface area contributed by atoms with E-state index in [4.69, 9.17) is 5.11 Å². The molecule has 1 amide bonds. The average molecular weight is 303 g/mol. The van der Waals surface area contributed by atoms with E-state index in [0.29, 0.717) is 16.6 Å². The fourth-order valence-electron chi connectivity index (χ4n) is 1.17. The number of rotatable bonds is 5. The zero-order valence-electron chi connectivity index (χ0n) is 8.85. The van der Waals surface area contributed by atoms with Gasteiger partial charge in [0.2, 0.25) is 5.91 Å². The summed E-state index contributed by atoms with van der Waals surface area (Å²) in [4.78, 5) is 21.4. The van der Waals surface area contributed by atoms with Crippen LogP contribution in [0.2, 0.25) is 0 Å². The summed E-state index contributed by atoms with van der Waals surface area (Å²) in [5.74, 6) is -0.291. The molecule has 0 saturated heterocycles. The third-order valence-electron chi connectivity index (χ3n) is 2.00. The number of hydrogen-bond acceptors (Lipinski definition) is 4. The molecule has 0 aliphatic heterocycles. The molecule has 0 saturated carbocycles. The Bertz CT molecular complexity index is 436. The van der Waals surface area contributed by atoms with Crippen LogP contribution in [0.5, 0.6) is 0 Å². The van der Waals surface area contributed by atoms with Crippen LogP contribution in [0.1, 0.15) is 12.8 Å². The minimum atomic E-state index is -0.532. The van der Waals surface area contributed by atoms with Crippen LogP contribution in [-0.4, -0.2) is 22.5 Å². The predicted molar refractivity (Wildman–Crippen MR) is 65.7 cm³/mol. The Morgan fingerprint density at radius 3 is 2.82 bits per heavy atom. The molecule has 6 nitrogen and oxygen atoms in total. The van der Waals surface area contributed by atoms with Crippen molar-refractivity contribution in [1.29, 1.82) is 0 Å². The van der Waals surface area contributed by atoms with Gasteiger partial charge in [-0.05, 0) is 28.4 Å². The second kappa shape index (κ2) is 6.31. The molecule has 92 valence electrons. The van der Waals surface area contributed by atoms with Gasteiger partial charge in [0.25, 0.3) is 5.69 Å². The Hall–Kier alpha value is -1.47. The predicted octanol–water partition coefficient (Wildman–Crippen LogP) is 2.07. The maximum atomic E-state index is 11.4. The number of nitrogens with one attached hydrogen (secondary N) is 1. The van der Waals surface area contributed by atoms with Gasteiger partial charge in [-0.2, -0.15) is 0 Å². The highest BCUT2D eigenvalue weighted by atomic mass is 79.9. The maximum Gasteiger partial charge on any atom is 0.271 e. The van der Waals surface area contributed by atoms with Gasteiger partial charge in [-0.3, -0.25) is 14.9 Å². The number of amides is 1. The molecular weight excluding hydrogens is 292 g/mol. The first kappa shape index (κ1) is 13.6. The number of anilines is 1. The van der Waals surface area contributed by atoms with Crippen LogP contribution >= 0.6 is 15.9 Å². The second-order valence-corrected chi connectivity index (χ2v) is 4.15. The van der Waals surface area contributed by atoms with E-state index in [9.17, 15) is 14.9 Å². The van der Waals surface area contributed by atoms with Crippen LogP contribution < -0.4 is 5.32 Å². The normalized spacial score (nSPS) is 10.0. The summed E-state index contributed by atoms with van der Waals surface area (Å²) < 4.78 is 0.570. The first-order valence-corrected chi connectivity index (χ1v) is 5.68. The molecule has 0 aliphatic rings. The second-order valence-electron chi connectivity index (χ2n) is 3.30. The quantitative estimate of drug-likeness (QED) is 0.643. The molecule has 1 aromatic rings. The van der Waals surface area contributed by atoms with Gasteiger partial charge in [-0.1, -0.05) is 0 Å². The number of hydrogen-bond donors (Lipinski definition) is 2. The van der Waals surface area contributed by atoms with Crippen LogP contribution in [0.15, 0.2) is 22.7 Å². The van der Waals surface area contributed by atoms with Gasteiger partial charge < -0.3 is 10.4 Å². The van der Waals surface area contributed by atoms with Crippen molar-refractivity contribution in [3.05, 3.63) is 32.8 Å². The highest BCUT2D eigenvalue weighted by molar-refractivity contribution is 9.10. The lowest BCUT2D eigenvalue weighted by molar-refractivity contribution is -0.384. The molecule has 2 N–H and O–H groups in total. The summed E-state index contributed by atoms with van der Waals surface area (Å²) in [5.41, 5.74) is 0.257. The summed E-state index contributed by atoms with van der Waals surface area (Å²) in [6.07, 6.45) is 0.532. The van der Waals surface area contributed by atoms with E-state index in [-0.39, 0.29) is 24.6 Å². The van der Waals surface area contributed by atoms with Crippen molar-refractivity contribution >= 4 is 33.2 Å². The van der Waals surface area contributed by atoms with Crippen molar-refractivity contribution in [2.24, 2.45) is 0 Å². The van der Waals surface area contributed by atoms with Crippen molar-refractivity contribution < 1.29 is 14.8 Å².